The number of carbonyl (C=O) groups is 2. The molecule has 0 aromatic heterocycles. The highest BCUT2D eigenvalue weighted by atomic mass is 16.5. The molecule has 1 rings (SSSR count). The molecule has 1 aromatic carbocycles. The minimum atomic E-state index is -0.669. The standard InChI is InChI=1S/C13H18N2O3/c1-9(11-7-5-4-6-8-11)14-13(17)15-10(2)12(16)18-3/h4-10H,1-3H3,(H2,14,15,17)/t9?,10-/m0/s1. The van der Waals surface area contributed by atoms with Gasteiger partial charge in [0.1, 0.15) is 6.04 Å². The quantitative estimate of drug-likeness (QED) is 0.798. The Hall–Kier alpha value is -2.04. The first-order valence-electron chi connectivity index (χ1n) is 5.74. The van der Waals surface area contributed by atoms with Crippen LogP contribution in [0.25, 0.3) is 0 Å². The summed E-state index contributed by atoms with van der Waals surface area (Å²) in [5.74, 6) is -0.475. The first-order chi connectivity index (χ1) is 8.54. The number of rotatable bonds is 4. The van der Waals surface area contributed by atoms with Crippen LogP contribution in [0.4, 0.5) is 4.79 Å². The fraction of sp³-hybridized carbons (Fsp3) is 0.385. The van der Waals surface area contributed by atoms with E-state index in [0.29, 0.717) is 0 Å². The maximum absolute atomic E-state index is 11.6. The van der Waals surface area contributed by atoms with Crippen molar-refractivity contribution in [2.24, 2.45) is 0 Å². The van der Waals surface area contributed by atoms with Gasteiger partial charge in [-0.15, -0.1) is 0 Å². The summed E-state index contributed by atoms with van der Waals surface area (Å²) < 4.78 is 4.52. The highest BCUT2D eigenvalue weighted by molar-refractivity contribution is 5.83. The minimum absolute atomic E-state index is 0.129. The fourth-order valence-corrected chi connectivity index (χ4v) is 1.50. The predicted octanol–water partition coefficient (Wildman–Crippen LogP) is 1.61. The van der Waals surface area contributed by atoms with E-state index in [1.807, 2.05) is 37.3 Å². The molecule has 0 bridgehead atoms. The highest BCUT2D eigenvalue weighted by Crippen LogP contribution is 2.10. The van der Waals surface area contributed by atoms with Gasteiger partial charge in [-0.05, 0) is 19.4 Å². The summed E-state index contributed by atoms with van der Waals surface area (Å²) in [6, 6.07) is 8.38. The molecule has 0 fully saturated rings. The molecule has 18 heavy (non-hydrogen) atoms. The number of methoxy groups -OCH3 is 1. The summed E-state index contributed by atoms with van der Waals surface area (Å²) in [6.07, 6.45) is 0. The van der Waals surface area contributed by atoms with Crippen LogP contribution in [-0.2, 0) is 9.53 Å². The maximum Gasteiger partial charge on any atom is 0.328 e. The van der Waals surface area contributed by atoms with E-state index in [-0.39, 0.29) is 6.04 Å². The third-order valence-electron chi connectivity index (χ3n) is 2.55. The number of benzene rings is 1. The molecule has 0 spiro atoms. The van der Waals surface area contributed by atoms with E-state index < -0.39 is 18.0 Å². The second kappa shape index (κ2) is 6.64. The third-order valence-corrected chi connectivity index (χ3v) is 2.55. The Morgan fingerprint density at radius 3 is 2.28 bits per heavy atom. The molecule has 0 radical (unpaired) electrons. The number of hydrogen-bond donors (Lipinski definition) is 2. The van der Waals surface area contributed by atoms with E-state index in [4.69, 9.17) is 0 Å². The zero-order chi connectivity index (χ0) is 13.5. The van der Waals surface area contributed by atoms with Gasteiger partial charge in [-0.1, -0.05) is 30.3 Å². The number of esters is 1. The molecule has 0 saturated heterocycles. The predicted molar refractivity (Wildman–Crippen MR) is 68.0 cm³/mol. The van der Waals surface area contributed by atoms with E-state index in [2.05, 4.69) is 15.4 Å². The molecular weight excluding hydrogens is 232 g/mol. The lowest BCUT2D eigenvalue weighted by Gasteiger charge is -2.17. The van der Waals surface area contributed by atoms with Crippen LogP contribution in [0.3, 0.4) is 0 Å². The minimum Gasteiger partial charge on any atom is -0.467 e. The number of amides is 2. The lowest BCUT2D eigenvalue weighted by molar-refractivity contribution is -0.142. The van der Waals surface area contributed by atoms with Crippen LogP contribution in [0.2, 0.25) is 0 Å². The van der Waals surface area contributed by atoms with Crippen molar-refractivity contribution < 1.29 is 14.3 Å². The zero-order valence-electron chi connectivity index (χ0n) is 10.8. The van der Waals surface area contributed by atoms with Gasteiger partial charge in [0.05, 0.1) is 13.2 Å². The van der Waals surface area contributed by atoms with Crippen LogP contribution >= 0.6 is 0 Å². The average Bonchev–Trinajstić information content (AvgIpc) is 2.38. The number of urea groups is 1. The molecule has 2 amide bonds. The molecule has 0 aliphatic carbocycles. The van der Waals surface area contributed by atoms with Crippen LogP contribution in [0.1, 0.15) is 25.5 Å². The van der Waals surface area contributed by atoms with Gasteiger partial charge >= 0.3 is 12.0 Å². The summed E-state index contributed by atoms with van der Waals surface area (Å²) >= 11 is 0. The fourth-order valence-electron chi connectivity index (χ4n) is 1.50. The lowest BCUT2D eigenvalue weighted by atomic mass is 10.1. The molecule has 1 aromatic rings. The van der Waals surface area contributed by atoms with Crippen LogP contribution in [0, 0.1) is 0 Å². The summed E-state index contributed by atoms with van der Waals surface area (Å²) in [5.41, 5.74) is 0.998. The van der Waals surface area contributed by atoms with E-state index in [9.17, 15) is 9.59 Å². The molecule has 0 saturated carbocycles. The Balaban J connectivity index is 2.48. The number of hydrogen-bond acceptors (Lipinski definition) is 3. The average molecular weight is 250 g/mol. The maximum atomic E-state index is 11.6. The van der Waals surface area contributed by atoms with Crippen molar-refractivity contribution in [1.82, 2.24) is 10.6 Å². The van der Waals surface area contributed by atoms with Crippen molar-refractivity contribution in [2.45, 2.75) is 25.9 Å². The molecule has 2 N–H and O–H groups in total. The Labute approximate surface area is 107 Å². The number of carbonyl (C=O) groups excluding carboxylic acids is 2. The molecule has 0 aliphatic heterocycles. The van der Waals surface area contributed by atoms with Crippen molar-refractivity contribution >= 4 is 12.0 Å². The van der Waals surface area contributed by atoms with E-state index >= 15 is 0 Å². The van der Waals surface area contributed by atoms with Crippen molar-refractivity contribution in [3.63, 3.8) is 0 Å². The summed E-state index contributed by atoms with van der Waals surface area (Å²) in [6.45, 7) is 3.44. The van der Waals surface area contributed by atoms with Crippen LogP contribution < -0.4 is 10.6 Å². The normalized spacial score (nSPS) is 13.3. The molecule has 0 heterocycles. The second-order valence-corrected chi connectivity index (χ2v) is 4.00. The van der Waals surface area contributed by atoms with Crippen molar-refractivity contribution in [2.75, 3.05) is 7.11 Å². The van der Waals surface area contributed by atoms with E-state index in [0.717, 1.165) is 5.56 Å². The van der Waals surface area contributed by atoms with Gasteiger partial charge in [0.25, 0.3) is 0 Å². The van der Waals surface area contributed by atoms with Crippen molar-refractivity contribution in [3.05, 3.63) is 35.9 Å². The summed E-state index contributed by atoms with van der Waals surface area (Å²) in [7, 11) is 1.28. The molecule has 2 atom stereocenters. The van der Waals surface area contributed by atoms with Gasteiger partial charge in [0.15, 0.2) is 0 Å². The Bertz CT molecular complexity index is 406. The Morgan fingerprint density at radius 1 is 1.11 bits per heavy atom. The summed E-state index contributed by atoms with van der Waals surface area (Å²) in [4.78, 5) is 22.8. The SMILES string of the molecule is COC(=O)[C@H](C)NC(=O)NC(C)c1ccccc1. The van der Waals surface area contributed by atoms with Gasteiger partial charge in [0, 0.05) is 0 Å². The molecular formula is C13H18N2O3. The van der Waals surface area contributed by atoms with Gasteiger partial charge in [-0.3, -0.25) is 0 Å². The summed E-state index contributed by atoms with van der Waals surface area (Å²) in [5, 5.41) is 5.25. The second-order valence-electron chi connectivity index (χ2n) is 4.00. The Kier molecular flexibility index (Phi) is 5.17. The van der Waals surface area contributed by atoms with Gasteiger partial charge < -0.3 is 15.4 Å². The first kappa shape index (κ1) is 14.0. The largest absolute Gasteiger partial charge is 0.467 e. The van der Waals surface area contributed by atoms with Crippen LogP contribution in [0.15, 0.2) is 30.3 Å². The first-order valence-corrected chi connectivity index (χ1v) is 5.74. The molecule has 5 heteroatoms. The van der Waals surface area contributed by atoms with Gasteiger partial charge in [-0.25, -0.2) is 9.59 Å². The topological polar surface area (TPSA) is 67.4 Å². The van der Waals surface area contributed by atoms with Crippen molar-refractivity contribution in [1.29, 1.82) is 0 Å². The lowest BCUT2D eigenvalue weighted by Crippen LogP contribution is -2.45. The van der Waals surface area contributed by atoms with Crippen LogP contribution in [0.5, 0.6) is 0 Å². The molecule has 0 aliphatic rings. The van der Waals surface area contributed by atoms with Crippen LogP contribution in [-0.4, -0.2) is 25.2 Å². The van der Waals surface area contributed by atoms with E-state index in [1.54, 1.807) is 6.92 Å². The number of ether oxygens (including phenoxy) is 1. The number of nitrogens with one attached hydrogen (secondary N) is 2. The highest BCUT2D eigenvalue weighted by Gasteiger charge is 2.17. The monoisotopic (exact) mass is 250 g/mol. The van der Waals surface area contributed by atoms with E-state index in [1.165, 1.54) is 7.11 Å². The Morgan fingerprint density at radius 2 is 1.72 bits per heavy atom. The molecule has 98 valence electrons. The molecule has 1 unspecified atom stereocenters. The zero-order valence-corrected chi connectivity index (χ0v) is 10.8. The van der Waals surface area contributed by atoms with Gasteiger partial charge in [-0.2, -0.15) is 0 Å². The van der Waals surface area contributed by atoms with Gasteiger partial charge in [0.2, 0.25) is 0 Å². The van der Waals surface area contributed by atoms with Crippen molar-refractivity contribution in [3.8, 4) is 0 Å². The smallest absolute Gasteiger partial charge is 0.328 e. The molecule has 5 nitrogen and oxygen atoms in total. The third kappa shape index (κ3) is 4.08.